The van der Waals surface area contributed by atoms with Crippen LogP contribution in [0.3, 0.4) is 0 Å². The largest absolute Gasteiger partial charge is 0.496 e. The van der Waals surface area contributed by atoms with Crippen LogP contribution in [0.1, 0.15) is 32.1 Å². The molecule has 0 aromatic carbocycles. The van der Waals surface area contributed by atoms with Gasteiger partial charge in [0.2, 0.25) is 0 Å². The second kappa shape index (κ2) is 5.96. The number of hydrogen-bond donors (Lipinski definition) is 1. The highest BCUT2D eigenvalue weighted by molar-refractivity contribution is 7.80. The number of hydrogen-bond acceptors (Lipinski definition) is 3. The van der Waals surface area contributed by atoms with Crippen molar-refractivity contribution in [1.82, 2.24) is 0 Å². The van der Waals surface area contributed by atoms with Crippen molar-refractivity contribution in [2.24, 2.45) is 11.8 Å². The van der Waals surface area contributed by atoms with E-state index < -0.39 is 0 Å². The molecule has 0 saturated heterocycles. The fraction of sp³-hybridized carbons (Fsp3) is 0.692. The molecule has 2 nitrogen and oxygen atoms in total. The maximum Gasteiger partial charge on any atom is 0.110 e. The van der Waals surface area contributed by atoms with Gasteiger partial charge < -0.3 is 10.1 Å². The summed E-state index contributed by atoms with van der Waals surface area (Å²) in [7, 11) is 0. The zero-order chi connectivity index (χ0) is 12.3. The zero-order valence-electron chi connectivity index (χ0n) is 9.82. The summed E-state index contributed by atoms with van der Waals surface area (Å²) < 4.78 is 5.78. The molecule has 17 heavy (non-hydrogen) atoms. The lowest BCUT2D eigenvalue weighted by atomic mass is 9.86. The van der Waals surface area contributed by atoms with Crippen LogP contribution in [-0.2, 0) is 4.74 Å². The third-order valence-electron chi connectivity index (χ3n) is 3.68. The molecule has 4 heteroatoms. The van der Waals surface area contributed by atoms with Crippen molar-refractivity contribution in [3.63, 3.8) is 0 Å². The molecule has 0 aliphatic heterocycles. The number of thiocarbonyl (C=S) groups is 1. The summed E-state index contributed by atoms with van der Waals surface area (Å²) in [6, 6.07) is 0. The molecule has 0 aromatic rings. The van der Waals surface area contributed by atoms with Gasteiger partial charge in [-0.2, -0.15) is 0 Å². The van der Waals surface area contributed by atoms with Crippen LogP contribution in [0, 0.1) is 17.2 Å². The van der Waals surface area contributed by atoms with Crippen LogP contribution < -0.4 is 0 Å². The monoisotopic (exact) mass is 271 g/mol. The van der Waals surface area contributed by atoms with Gasteiger partial charge in [-0.3, -0.25) is 0 Å². The van der Waals surface area contributed by atoms with E-state index >= 15 is 0 Å². The molecule has 2 rings (SSSR count). The lowest BCUT2D eigenvalue weighted by Crippen LogP contribution is -2.26. The first kappa shape index (κ1) is 13.0. The maximum absolute atomic E-state index is 7.71. The fourth-order valence-electron chi connectivity index (χ4n) is 2.22. The van der Waals surface area contributed by atoms with Gasteiger partial charge >= 0.3 is 0 Å². The smallest absolute Gasteiger partial charge is 0.110 e. The number of halogens is 1. The first-order valence-electron chi connectivity index (χ1n) is 6.21. The average molecular weight is 272 g/mol. The first-order chi connectivity index (χ1) is 8.20. The van der Waals surface area contributed by atoms with Gasteiger partial charge in [0.05, 0.1) is 12.0 Å². The Morgan fingerprint density at radius 3 is 2.88 bits per heavy atom. The molecule has 0 bridgehead atoms. The maximum atomic E-state index is 7.71. The average Bonchev–Trinajstić information content (AvgIpc) is 2.28. The molecule has 2 aliphatic carbocycles. The van der Waals surface area contributed by atoms with E-state index in [0.29, 0.717) is 5.71 Å². The Balaban J connectivity index is 1.84. The predicted molar refractivity (Wildman–Crippen MR) is 75.1 cm³/mol. The number of alkyl halides is 1. The SMILES string of the molecule is N=C(C=S)C1CC=C(OCC2CCC2)C(Cl)C1. The van der Waals surface area contributed by atoms with E-state index in [1.807, 2.05) is 6.08 Å². The zero-order valence-corrected chi connectivity index (χ0v) is 11.4. The van der Waals surface area contributed by atoms with E-state index in [1.54, 1.807) is 0 Å². The van der Waals surface area contributed by atoms with Crippen molar-refractivity contribution in [1.29, 1.82) is 5.41 Å². The van der Waals surface area contributed by atoms with Crippen molar-refractivity contribution in [3.8, 4) is 0 Å². The van der Waals surface area contributed by atoms with Crippen molar-refractivity contribution in [2.75, 3.05) is 6.61 Å². The quantitative estimate of drug-likeness (QED) is 0.470. The summed E-state index contributed by atoms with van der Waals surface area (Å²) in [6.45, 7) is 0.810. The highest BCUT2D eigenvalue weighted by Gasteiger charge is 2.27. The second-order valence-corrected chi connectivity index (χ2v) is 5.69. The van der Waals surface area contributed by atoms with Gasteiger partial charge in [-0.15, -0.1) is 11.6 Å². The molecule has 0 radical (unpaired) electrons. The molecule has 0 spiro atoms. The normalized spacial score (nSPS) is 29.1. The Morgan fingerprint density at radius 1 is 1.59 bits per heavy atom. The topological polar surface area (TPSA) is 33.1 Å². The third-order valence-corrected chi connectivity index (χ3v) is 4.33. The van der Waals surface area contributed by atoms with Crippen LogP contribution >= 0.6 is 23.8 Å². The lowest BCUT2D eigenvalue weighted by Gasteiger charge is -2.29. The van der Waals surface area contributed by atoms with Crippen molar-refractivity contribution < 1.29 is 4.74 Å². The number of ether oxygens (including phenoxy) is 1. The molecular formula is C13H18ClNOS. The van der Waals surface area contributed by atoms with Crippen molar-refractivity contribution in [2.45, 2.75) is 37.5 Å². The van der Waals surface area contributed by atoms with Crippen molar-refractivity contribution in [3.05, 3.63) is 11.8 Å². The fourth-order valence-corrected chi connectivity index (χ4v) is 2.78. The van der Waals surface area contributed by atoms with Gasteiger partial charge in [0, 0.05) is 17.0 Å². The minimum Gasteiger partial charge on any atom is -0.496 e. The standard InChI is InChI=1S/C13H18ClNOS/c14-11-6-10(12(15)8-17)4-5-13(11)16-7-9-2-1-3-9/h5,8-11,15H,1-4,6-7H2. The van der Waals surface area contributed by atoms with Crippen LogP contribution in [0.4, 0.5) is 0 Å². The van der Waals surface area contributed by atoms with E-state index in [1.165, 1.54) is 24.6 Å². The molecule has 94 valence electrons. The number of rotatable bonds is 5. The van der Waals surface area contributed by atoms with Gasteiger partial charge in [0.25, 0.3) is 0 Å². The lowest BCUT2D eigenvalue weighted by molar-refractivity contribution is 0.113. The Bertz CT molecular complexity index is 338. The Labute approximate surface area is 113 Å². The summed E-state index contributed by atoms with van der Waals surface area (Å²) >= 11 is 11.1. The van der Waals surface area contributed by atoms with Gasteiger partial charge in [-0.05, 0) is 37.7 Å². The minimum atomic E-state index is -0.0934. The summed E-state index contributed by atoms with van der Waals surface area (Å²) in [5, 5.41) is 9.06. The molecule has 2 unspecified atom stereocenters. The Morgan fingerprint density at radius 2 is 2.35 bits per heavy atom. The summed E-state index contributed by atoms with van der Waals surface area (Å²) in [6.07, 6.45) is 7.55. The van der Waals surface area contributed by atoms with Gasteiger partial charge in [0.1, 0.15) is 5.76 Å². The second-order valence-electron chi connectivity index (χ2n) is 4.92. The van der Waals surface area contributed by atoms with E-state index in [0.717, 1.165) is 31.1 Å². The van der Waals surface area contributed by atoms with Crippen LogP contribution in [0.5, 0.6) is 0 Å². The van der Waals surface area contributed by atoms with Gasteiger partial charge in [-0.25, -0.2) is 0 Å². The van der Waals surface area contributed by atoms with Gasteiger partial charge in [0.15, 0.2) is 0 Å². The van der Waals surface area contributed by atoms with E-state index in [9.17, 15) is 0 Å². The van der Waals surface area contributed by atoms with Gasteiger partial charge in [-0.1, -0.05) is 18.6 Å². The van der Waals surface area contributed by atoms with E-state index in [2.05, 4.69) is 0 Å². The third kappa shape index (κ3) is 3.29. The molecule has 2 atom stereocenters. The molecule has 2 aliphatic rings. The highest BCUT2D eigenvalue weighted by Crippen LogP contribution is 2.32. The van der Waals surface area contributed by atoms with Crippen LogP contribution in [-0.4, -0.2) is 23.1 Å². The minimum absolute atomic E-state index is 0.0934. The van der Waals surface area contributed by atoms with Crippen LogP contribution in [0.15, 0.2) is 11.8 Å². The molecule has 1 saturated carbocycles. The summed E-state index contributed by atoms with van der Waals surface area (Å²) in [4.78, 5) is 0. The molecule has 1 N–H and O–H groups in total. The molecule has 0 aromatic heterocycles. The Hall–Kier alpha value is -0.410. The molecule has 1 fully saturated rings. The molecule has 0 amide bonds. The number of nitrogens with one attached hydrogen (secondary N) is 1. The predicted octanol–water partition coefficient (Wildman–Crippen LogP) is 3.72. The Kier molecular flexibility index (Phi) is 4.57. The van der Waals surface area contributed by atoms with E-state index in [-0.39, 0.29) is 11.3 Å². The van der Waals surface area contributed by atoms with E-state index in [4.69, 9.17) is 34.0 Å². The van der Waals surface area contributed by atoms with Crippen LogP contribution in [0.25, 0.3) is 0 Å². The van der Waals surface area contributed by atoms with Crippen molar-refractivity contribution >= 4 is 34.9 Å². The molecular weight excluding hydrogens is 254 g/mol. The number of allylic oxidation sites excluding steroid dienone is 2. The van der Waals surface area contributed by atoms with Crippen LogP contribution in [0.2, 0.25) is 0 Å². The summed E-state index contributed by atoms with van der Waals surface area (Å²) in [5.74, 6) is 1.81. The first-order valence-corrected chi connectivity index (χ1v) is 7.12. The highest BCUT2D eigenvalue weighted by atomic mass is 35.5. The summed E-state index contributed by atoms with van der Waals surface area (Å²) in [5.41, 5.74) is 0.514. The molecule has 0 heterocycles.